The van der Waals surface area contributed by atoms with Gasteiger partial charge in [0.25, 0.3) is 6.43 Å². The molecular formula is C7H5BrClF2NO. The minimum Gasteiger partial charge on any atom is -0.392 e. The number of aliphatic hydroxyl groups is 1. The maximum Gasteiger partial charge on any atom is 0.281 e. The number of hydrogen-bond acceptors (Lipinski definition) is 2. The Morgan fingerprint density at radius 2 is 2.23 bits per heavy atom. The first-order valence-corrected chi connectivity index (χ1v) is 4.46. The number of aromatic nitrogens is 1. The van der Waals surface area contributed by atoms with Crippen LogP contribution >= 0.6 is 27.5 Å². The number of halogens is 4. The maximum absolute atomic E-state index is 12.2. The SMILES string of the molecule is OCc1cnc(C(F)F)c(Cl)c1Br. The molecular weight excluding hydrogens is 267 g/mol. The van der Waals surface area contributed by atoms with Crippen molar-refractivity contribution in [2.75, 3.05) is 0 Å². The average Bonchev–Trinajstić information content (AvgIpc) is 2.09. The van der Waals surface area contributed by atoms with E-state index < -0.39 is 12.1 Å². The smallest absolute Gasteiger partial charge is 0.281 e. The molecule has 0 aliphatic heterocycles. The summed E-state index contributed by atoms with van der Waals surface area (Å²) in [5.74, 6) is 0. The molecule has 0 fully saturated rings. The molecule has 2 nitrogen and oxygen atoms in total. The van der Waals surface area contributed by atoms with Crippen LogP contribution in [0.4, 0.5) is 8.78 Å². The normalized spacial score (nSPS) is 10.9. The van der Waals surface area contributed by atoms with Gasteiger partial charge >= 0.3 is 0 Å². The molecule has 0 atom stereocenters. The van der Waals surface area contributed by atoms with Crippen LogP contribution in [0.5, 0.6) is 0 Å². The lowest BCUT2D eigenvalue weighted by molar-refractivity contribution is 0.146. The van der Waals surface area contributed by atoms with Crippen molar-refractivity contribution in [1.82, 2.24) is 4.98 Å². The molecule has 0 aromatic carbocycles. The van der Waals surface area contributed by atoms with Crippen molar-refractivity contribution >= 4 is 27.5 Å². The van der Waals surface area contributed by atoms with Crippen LogP contribution < -0.4 is 0 Å². The highest BCUT2D eigenvalue weighted by molar-refractivity contribution is 9.10. The van der Waals surface area contributed by atoms with Crippen LogP contribution in [-0.2, 0) is 6.61 Å². The topological polar surface area (TPSA) is 33.1 Å². The molecule has 6 heteroatoms. The lowest BCUT2D eigenvalue weighted by atomic mass is 10.2. The fourth-order valence-corrected chi connectivity index (χ4v) is 1.46. The van der Waals surface area contributed by atoms with Crippen molar-refractivity contribution in [2.45, 2.75) is 13.0 Å². The standard InChI is InChI=1S/C7H5BrClF2NO/c8-4-3(2-13)1-12-6(5(4)9)7(10)11/h1,7,13H,2H2. The third-order valence-corrected chi connectivity index (χ3v) is 2.95. The van der Waals surface area contributed by atoms with Gasteiger partial charge in [0.05, 0.1) is 11.6 Å². The molecule has 0 unspecified atom stereocenters. The highest BCUT2D eigenvalue weighted by Crippen LogP contribution is 2.33. The average molecular weight is 272 g/mol. The molecule has 0 bridgehead atoms. The summed E-state index contributed by atoms with van der Waals surface area (Å²) in [6.07, 6.45) is -1.55. The molecule has 1 rings (SSSR count). The summed E-state index contributed by atoms with van der Waals surface area (Å²) in [5, 5.41) is 8.60. The van der Waals surface area contributed by atoms with Gasteiger partial charge in [-0.05, 0) is 15.9 Å². The van der Waals surface area contributed by atoms with Gasteiger partial charge in [-0.15, -0.1) is 0 Å². The highest BCUT2D eigenvalue weighted by atomic mass is 79.9. The van der Waals surface area contributed by atoms with E-state index in [0.29, 0.717) is 5.56 Å². The van der Waals surface area contributed by atoms with Gasteiger partial charge in [0.15, 0.2) is 0 Å². The number of aliphatic hydroxyl groups excluding tert-OH is 1. The molecule has 13 heavy (non-hydrogen) atoms. The van der Waals surface area contributed by atoms with E-state index in [-0.39, 0.29) is 16.1 Å². The number of pyridine rings is 1. The predicted molar refractivity (Wildman–Crippen MR) is 47.8 cm³/mol. The Kier molecular flexibility index (Phi) is 3.58. The molecule has 0 saturated heterocycles. The zero-order valence-electron chi connectivity index (χ0n) is 6.27. The first-order valence-electron chi connectivity index (χ1n) is 3.29. The van der Waals surface area contributed by atoms with E-state index in [1.54, 1.807) is 0 Å². The van der Waals surface area contributed by atoms with Gasteiger partial charge in [0.1, 0.15) is 5.69 Å². The molecule has 1 N–H and O–H groups in total. The highest BCUT2D eigenvalue weighted by Gasteiger charge is 2.17. The summed E-state index contributed by atoms with van der Waals surface area (Å²) in [5.41, 5.74) is -0.0971. The Morgan fingerprint density at radius 3 is 2.69 bits per heavy atom. The summed E-state index contributed by atoms with van der Waals surface area (Å²) in [7, 11) is 0. The second-order valence-corrected chi connectivity index (χ2v) is 3.43. The number of nitrogens with zero attached hydrogens (tertiary/aromatic N) is 1. The van der Waals surface area contributed by atoms with E-state index in [2.05, 4.69) is 20.9 Å². The first kappa shape index (κ1) is 10.8. The van der Waals surface area contributed by atoms with Gasteiger partial charge in [-0.3, -0.25) is 4.98 Å². The van der Waals surface area contributed by atoms with E-state index in [9.17, 15) is 8.78 Å². The van der Waals surface area contributed by atoms with E-state index >= 15 is 0 Å². The molecule has 0 aliphatic rings. The maximum atomic E-state index is 12.2. The van der Waals surface area contributed by atoms with Crippen LogP contribution in [0.1, 0.15) is 17.7 Å². The molecule has 0 amide bonds. The van der Waals surface area contributed by atoms with Gasteiger partial charge in [-0.1, -0.05) is 11.6 Å². The van der Waals surface area contributed by atoms with Crippen molar-refractivity contribution < 1.29 is 13.9 Å². The molecule has 0 spiro atoms. The molecule has 0 saturated carbocycles. The molecule has 1 aromatic rings. The Labute approximate surface area is 86.7 Å². The van der Waals surface area contributed by atoms with Gasteiger partial charge in [0.2, 0.25) is 0 Å². The third-order valence-electron chi connectivity index (χ3n) is 1.44. The summed E-state index contributed by atoms with van der Waals surface area (Å²) < 4.78 is 24.7. The summed E-state index contributed by atoms with van der Waals surface area (Å²) in [4.78, 5) is 3.44. The van der Waals surface area contributed by atoms with E-state index in [1.807, 2.05) is 0 Å². The second kappa shape index (κ2) is 4.30. The van der Waals surface area contributed by atoms with Crippen LogP contribution in [-0.4, -0.2) is 10.1 Å². The zero-order chi connectivity index (χ0) is 10.0. The van der Waals surface area contributed by atoms with E-state index in [1.165, 1.54) is 0 Å². The van der Waals surface area contributed by atoms with Crippen LogP contribution in [0.25, 0.3) is 0 Å². The second-order valence-electron chi connectivity index (χ2n) is 2.26. The third kappa shape index (κ3) is 2.15. The van der Waals surface area contributed by atoms with Crippen molar-refractivity contribution in [3.05, 3.63) is 26.9 Å². The van der Waals surface area contributed by atoms with Gasteiger partial charge in [-0.2, -0.15) is 0 Å². The minimum atomic E-state index is -2.71. The zero-order valence-corrected chi connectivity index (χ0v) is 8.61. The van der Waals surface area contributed by atoms with Crippen LogP contribution in [0.2, 0.25) is 5.02 Å². The number of alkyl halides is 2. The fraction of sp³-hybridized carbons (Fsp3) is 0.286. The van der Waals surface area contributed by atoms with Gasteiger partial charge in [0, 0.05) is 16.2 Å². The number of hydrogen-bond donors (Lipinski definition) is 1. The molecule has 0 radical (unpaired) electrons. The summed E-state index contributed by atoms with van der Waals surface area (Å²) in [6.45, 7) is -0.295. The van der Waals surface area contributed by atoms with E-state index in [4.69, 9.17) is 16.7 Å². The fourth-order valence-electron chi connectivity index (χ4n) is 0.777. The summed E-state index contributed by atoms with van der Waals surface area (Å²) in [6, 6.07) is 0. The van der Waals surface area contributed by atoms with Crippen molar-refractivity contribution in [1.29, 1.82) is 0 Å². The molecule has 1 aromatic heterocycles. The quantitative estimate of drug-likeness (QED) is 0.898. The number of rotatable bonds is 2. The van der Waals surface area contributed by atoms with Gasteiger partial charge < -0.3 is 5.11 Å². The Balaban J connectivity index is 3.23. The molecule has 0 aliphatic carbocycles. The van der Waals surface area contributed by atoms with Crippen molar-refractivity contribution in [2.24, 2.45) is 0 Å². The lowest BCUT2D eigenvalue weighted by Crippen LogP contribution is -1.96. The largest absolute Gasteiger partial charge is 0.392 e. The Bertz CT molecular complexity index is 322. The summed E-state index contributed by atoms with van der Waals surface area (Å²) >= 11 is 8.57. The van der Waals surface area contributed by atoms with E-state index in [0.717, 1.165) is 6.20 Å². The minimum absolute atomic E-state index is 0.151. The van der Waals surface area contributed by atoms with Crippen molar-refractivity contribution in [3.8, 4) is 0 Å². The molecule has 1 heterocycles. The van der Waals surface area contributed by atoms with Crippen LogP contribution in [0, 0.1) is 0 Å². The van der Waals surface area contributed by atoms with Crippen LogP contribution in [0.3, 0.4) is 0 Å². The predicted octanol–water partition coefficient (Wildman–Crippen LogP) is 2.93. The lowest BCUT2D eigenvalue weighted by Gasteiger charge is -2.06. The Hall–Kier alpha value is -0.260. The van der Waals surface area contributed by atoms with Crippen molar-refractivity contribution in [3.63, 3.8) is 0 Å². The van der Waals surface area contributed by atoms with Gasteiger partial charge in [-0.25, -0.2) is 8.78 Å². The first-order chi connectivity index (χ1) is 6.07. The Morgan fingerprint density at radius 1 is 1.62 bits per heavy atom. The molecule has 72 valence electrons. The van der Waals surface area contributed by atoms with Crippen LogP contribution in [0.15, 0.2) is 10.7 Å². The monoisotopic (exact) mass is 271 g/mol.